The number of anilines is 1. The van der Waals surface area contributed by atoms with Crippen LogP contribution in [0, 0.1) is 5.82 Å². The Balaban J connectivity index is 2.41. The molecule has 1 aromatic carbocycles. The van der Waals surface area contributed by atoms with Crippen LogP contribution in [-0.4, -0.2) is 19.3 Å². The first kappa shape index (κ1) is 14.6. The van der Waals surface area contributed by atoms with E-state index in [2.05, 4.69) is 5.32 Å². The predicted octanol–water partition coefficient (Wildman–Crippen LogP) is 3.98. The number of nitrogens with one attached hydrogen (secondary N) is 1. The molecule has 0 fully saturated rings. The summed E-state index contributed by atoms with van der Waals surface area (Å²) in [6.45, 7) is 2.24. The topological polar surface area (TPSA) is 21.3 Å². The lowest BCUT2D eigenvalue weighted by molar-refractivity contribution is -0.134. The third-order valence-corrected chi connectivity index (χ3v) is 2.20. The standard InChI is InChI=1S/C12H15F4NO/c1-2-18-11-5-4-9(8-10(11)13)17-7-3-6-12(14,15)16/h4-5,8,17H,2-3,6-7H2,1H3. The van der Waals surface area contributed by atoms with Crippen molar-refractivity contribution in [2.24, 2.45) is 0 Å². The summed E-state index contributed by atoms with van der Waals surface area (Å²) in [5.74, 6) is -0.393. The second kappa shape index (κ2) is 6.47. The summed E-state index contributed by atoms with van der Waals surface area (Å²) in [5.41, 5.74) is 0.443. The van der Waals surface area contributed by atoms with E-state index in [1.807, 2.05) is 0 Å². The largest absolute Gasteiger partial charge is 0.491 e. The molecule has 0 aliphatic rings. The molecule has 6 heteroatoms. The molecule has 1 rings (SSSR count). The molecule has 0 amide bonds. The van der Waals surface area contributed by atoms with E-state index in [9.17, 15) is 17.6 Å². The molecule has 0 aliphatic heterocycles. The van der Waals surface area contributed by atoms with E-state index in [1.165, 1.54) is 12.1 Å². The second-order valence-electron chi connectivity index (χ2n) is 3.72. The highest BCUT2D eigenvalue weighted by Crippen LogP contribution is 2.23. The first-order chi connectivity index (χ1) is 8.42. The normalized spacial score (nSPS) is 11.4. The predicted molar refractivity (Wildman–Crippen MR) is 61.3 cm³/mol. The molecule has 1 aromatic rings. The highest BCUT2D eigenvalue weighted by atomic mass is 19.4. The van der Waals surface area contributed by atoms with E-state index in [4.69, 9.17) is 4.74 Å². The summed E-state index contributed by atoms with van der Waals surface area (Å²) in [4.78, 5) is 0. The van der Waals surface area contributed by atoms with Crippen molar-refractivity contribution in [3.05, 3.63) is 24.0 Å². The van der Waals surface area contributed by atoms with E-state index in [1.54, 1.807) is 13.0 Å². The summed E-state index contributed by atoms with van der Waals surface area (Å²) in [6.07, 6.45) is -5.04. The molecule has 0 unspecified atom stereocenters. The van der Waals surface area contributed by atoms with Crippen molar-refractivity contribution >= 4 is 5.69 Å². The molecule has 0 saturated carbocycles. The van der Waals surface area contributed by atoms with Crippen LogP contribution in [0.25, 0.3) is 0 Å². The van der Waals surface area contributed by atoms with E-state index in [-0.39, 0.29) is 18.7 Å². The maximum Gasteiger partial charge on any atom is 0.389 e. The zero-order valence-electron chi connectivity index (χ0n) is 9.98. The average Bonchev–Trinajstić information content (AvgIpc) is 2.27. The number of hydrogen-bond donors (Lipinski definition) is 1. The minimum absolute atomic E-state index is 0.0433. The molecule has 0 bridgehead atoms. The minimum Gasteiger partial charge on any atom is -0.491 e. The molecular formula is C12H15F4NO. The van der Waals surface area contributed by atoms with Crippen LogP contribution in [0.15, 0.2) is 18.2 Å². The highest BCUT2D eigenvalue weighted by Gasteiger charge is 2.25. The van der Waals surface area contributed by atoms with Gasteiger partial charge in [0, 0.05) is 24.7 Å². The van der Waals surface area contributed by atoms with Crippen LogP contribution >= 0.6 is 0 Å². The third kappa shape index (κ3) is 5.25. The zero-order valence-corrected chi connectivity index (χ0v) is 9.98. The van der Waals surface area contributed by atoms with E-state index in [0.717, 1.165) is 0 Å². The van der Waals surface area contributed by atoms with Crippen molar-refractivity contribution < 1.29 is 22.3 Å². The van der Waals surface area contributed by atoms with Crippen molar-refractivity contribution in [1.29, 1.82) is 0 Å². The van der Waals surface area contributed by atoms with E-state index in [0.29, 0.717) is 12.3 Å². The zero-order chi connectivity index (χ0) is 13.6. The fourth-order valence-electron chi connectivity index (χ4n) is 1.40. The van der Waals surface area contributed by atoms with Gasteiger partial charge in [-0.3, -0.25) is 0 Å². The fourth-order valence-corrected chi connectivity index (χ4v) is 1.40. The molecular weight excluding hydrogens is 250 g/mol. The van der Waals surface area contributed by atoms with Gasteiger partial charge < -0.3 is 10.1 Å². The number of halogens is 4. The molecule has 18 heavy (non-hydrogen) atoms. The van der Waals surface area contributed by atoms with Gasteiger partial charge in [0.2, 0.25) is 0 Å². The van der Waals surface area contributed by atoms with Crippen molar-refractivity contribution in [1.82, 2.24) is 0 Å². The van der Waals surface area contributed by atoms with Crippen LogP contribution < -0.4 is 10.1 Å². The monoisotopic (exact) mass is 265 g/mol. The molecule has 0 aliphatic carbocycles. The molecule has 1 N–H and O–H groups in total. The lowest BCUT2D eigenvalue weighted by atomic mass is 10.2. The van der Waals surface area contributed by atoms with Gasteiger partial charge in [-0.25, -0.2) is 4.39 Å². The Morgan fingerprint density at radius 2 is 2.00 bits per heavy atom. The Bertz CT molecular complexity index is 379. The maximum atomic E-state index is 13.4. The first-order valence-electron chi connectivity index (χ1n) is 5.65. The van der Waals surface area contributed by atoms with Crippen molar-refractivity contribution in [2.45, 2.75) is 25.9 Å². The minimum atomic E-state index is -4.15. The first-order valence-corrected chi connectivity index (χ1v) is 5.65. The number of benzene rings is 1. The van der Waals surface area contributed by atoms with Gasteiger partial charge in [-0.15, -0.1) is 0 Å². The van der Waals surface area contributed by atoms with E-state index >= 15 is 0 Å². The molecule has 0 aromatic heterocycles. The van der Waals surface area contributed by atoms with Crippen LogP contribution in [-0.2, 0) is 0 Å². The summed E-state index contributed by atoms with van der Waals surface area (Å²) in [5, 5.41) is 2.73. The third-order valence-electron chi connectivity index (χ3n) is 2.20. The lowest BCUT2D eigenvalue weighted by Crippen LogP contribution is -2.11. The Morgan fingerprint density at radius 3 is 2.56 bits per heavy atom. The Labute approximate surface area is 103 Å². The number of hydrogen-bond acceptors (Lipinski definition) is 2. The van der Waals surface area contributed by atoms with Gasteiger partial charge in [0.1, 0.15) is 0 Å². The molecule has 0 heterocycles. The molecule has 0 spiro atoms. The summed E-state index contributed by atoms with van der Waals surface area (Å²) in [7, 11) is 0. The van der Waals surface area contributed by atoms with Crippen LogP contribution in [0.5, 0.6) is 5.75 Å². The highest BCUT2D eigenvalue weighted by molar-refractivity contribution is 5.47. The van der Waals surface area contributed by atoms with Gasteiger partial charge in [-0.1, -0.05) is 0 Å². The van der Waals surface area contributed by atoms with Crippen LogP contribution in [0.2, 0.25) is 0 Å². The van der Waals surface area contributed by atoms with Crippen molar-refractivity contribution in [2.75, 3.05) is 18.5 Å². The van der Waals surface area contributed by atoms with Gasteiger partial charge in [0.25, 0.3) is 0 Å². The summed E-state index contributed by atoms with van der Waals surface area (Å²) < 4.78 is 54.0. The number of ether oxygens (including phenoxy) is 1. The van der Waals surface area contributed by atoms with Crippen LogP contribution in [0.1, 0.15) is 19.8 Å². The number of rotatable bonds is 6. The average molecular weight is 265 g/mol. The molecule has 0 atom stereocenters. The summed E-state index contributed by atoms with van der Waals surface area (Å²) >= 11 is 0. The SMILES string of the molecule is CCOc1ccc(NCCCC(F)(F)F)cc1F. The van der Waals surface area contributed by atoms with Crippen LogP contribution in [0.4, 0.5) is 23.2 Å². The van der Waals surface area contributed by atoms with Crippen LogP contribution in [0.3, 0.4) is 0 Å². The fraction of sp³-hybridized carbons (Fsp3) is 0.500. The van der Waals surface area contributed by atoms with Gasteiger partial charge in [0.05, 0.1) is 6.61 Å². The van der Waals surface area contributed by atoms with Gasteiger partial charge >= 0.3 is 6.18 Å². The Hall–Kier alpha value is -1.46. The van der Waals surface area contributed by atoms with Gasteiger partial charge in [0.15, 0.2) is 11.6 Å². The lowest BCUT2D eigenvalue weighted by Gasteiger charge is -2.10. The second-order valence-corrected chi connectivity index (χ2v) is 3.72. The molecule has 2 nitrogen and oxygen atoms in total. The maximum absolute atomic E-state index is 13.4. The van der Waals surface area contributed by atoms with Gasteiger partial charge in [-0.2, -0.15) is 13.2 Å². The molecule has 0 saturated heterocycles. The molecule has 0 radical (unpaired) electrons. The molecule has 102 valence electrons. The van der Waals surface area contributed by atoms with Crippen molar-refractivity contribution in [3.63, 3.8) is 0 Å². The van der Waals surface area contributed by atoms with E-state index < -0.39 is 18.4 Å². The number of alkyl halides is 3. The van der Waals surface area contributed by atoms with Gasteiger partial charge in [-0.05, 0) is 25.5 Å². The quantitative estimate of drug-likeness (QED) is 0.620. The summed E-state index contributed by atoms with van der Waals surface area (Å²) in [6, 6.07) is 4.23. The smallest absolute Gasteiger partial charge is 0.389 e. The Kier molecular flexibility index (Phi) is 5.25. The van der Waals surface area contributed by atoms with Crippen molar-refractivity contribution in [3.8, 4) is 5.75 Å². The Morgan fingerprint density at radius 1 is 1.28 bits per heavy atom.